The zero-order valence-corrected chi connectivity index (χ0v) is 24.3. The number of carboxylic acid groups (broad SMARTS) is 1. The highest BCUT2D eigenvalue weighted by molar-refractivity contribution is 5.89. The molecule has 4 rings (SSSR count). The first-order valence-electron chi connectivity index (χ1n) is 14.0. The number of likely N-dealkylation sites (tertiary alicyclic amines) is 1. The van der Waals surface area contributed by atoms with Gasteiger partial charge in [-0.2, -0.15) is 0 Å². The summed E-state index contributed by atoms with van der Waals surface area (Å²) < 4.78 is 11.1. The van der Waals surface area contributed by atoms with Crippen molar-refractivity contribution in [3.8, 4) is 11.1 Å². The van der Waals surface area contributed by atoms with Gasteiger partial charge in [-0.25, -0.2) is 14.4 Å². The van der Waals surface area contributed by atoms with E-state index in [4.69, 9.17) is 9.47 Å². The summed E-state index contributed by atoms with van der Waals surface area (Å²) in [5.74, 6) is -2.25. The van der Waals surface area contributed by atoms with E-state index in [2.05, 4.69) is 17.4 Å². The molecule has 2 aromatic carbocycles. The molecule has 0 spiro atoms. The molecule has 1 fully saturated rings. The van der Waals surface area contributed by atoms with Crippen LogP contribution in [-0.4, -0.2) is 83.4 Å². The molecule has 1 heterocycles. The number of aliphatic carboxylic acids is 1. The molecule has 0 saturated carbocycles. The van der Waals surface area contributed by atoms with Crippen LogP contribution in [0.4, 0.5) is 9.59 Å². The maximum atomic E-state index is 13.1. The Morgan fingerprint density at radius 3 is 2.05 bits per heavy atom. The summed E-state index contributed by atoms with van der Waals surface area (Å²) in [4.78, 5) is 53.2. The van der Waals surface area contributed by atoms with Gasteiger partial charge in [-0.15, -0.1) is 0 Å². The number of carbonyl (C=O) groups is 4. The Bertz CT molecular complexity index is 1250. The van der Waals surface area contributed by atoms with Crippen molar-refractivity contribution in [2.45, 2.75) is 64.1 Å². The molecule has 10 nitrogen and oxygen atoms in total. The molecule has 1 aliphatic carbocycles. The molecule has 1 unspecified atom stereocenters. The van der Waals surface area contributed by atoms with Crippen molar-refractivity contribution in [1.29, 1.82) is 0 Å². The van der Waals surface area contributed by atoms with Crippen LogP contribution in [0, 0.1) is 5.92 Å². The van der Waals surface area contributed by atoms with Crippen LogP contribution in [0.15, 0.2) is 48.5 Å². The van der Waals surface area contributed by atoms with Gasteiger partial charge in [-0.1, -0.05) is 48.5 Å². The number of nitrogens with one attached hydrogen (secondary N) is 1. The average molecular weight is 566 g/mol. The Balaban J connectivity index is 1.32. The molecule has 1 aliphatic heterocycles. The first-order chi connectivity index (χ1) is 19.4. The van der Waals surface area contributed by atoms with Crippen molar-refractivity contribution in [1.82, 2.24) is 15.1 Å². The highest BCUT2D eigenvalue weighted by Crippen LogP contribution is 2.44. The van der Waals surface area contributed by atoms with Crippen LogP contribution >= 0.6 is 0 Å². The predicted octanol–water partition coefficient (Wildman–Crippen LogP) is 4.47. The second-order valence-electron chi connectivity index (χ2n) is 11.7. The third kappa shape index (κ3) is 6.81. The van der Waals surface area contributed by atoms with Crippen LogP contribution in [0.2, 0.25) is 0 Å². The summed E-state index contributed by atoms with van der Waals surface area (Å²) >= 11 is 0. The van der Waals surface area contributed by atoms with Crippen molar-refractivity contribution in [3.05, 3.63) is 59.7 Å². The van der Waals surface area contributed by atoms with Crippen LogP contribution in [0.5, 0.6) is 0 Å². The third-order valence-electron chi connectivity index (χ3n) is 7.81. The second-order valence-corrected chi connectivity index (χ2v) is 11.7. The van der Waals surface area contributed by atoms with E-state index < -0.39 is 41.7 Å². The summed E-state index contributed by atoms with van der Waals surface area (Å²) in [7, 11) is 1.46. The zero-order chi connectivity index (χ0) is 29.9. The molecule has 0 aromatic heterocycles. The van der Waals surface area contributed by atoms with Gasteiger partial charge in [0, 0.05) is 26.1 Å². The lowest BCUT2D eigenvalue weighted by Gasteiger charge is -2.36. The largest absolute Gasteiger partial charge is 0.480 e. The lowest BCUT2D eigenvalue weighted by molar-refractivity contribution is -0.144. The summed E-state index contributed by atoms with van der Waals surface area (Å²) in [5, 5.41) is 12.5. The number of benzene rings is 2. The molecule has 220 valence electrons. The minimum Gasteiger partial charge on any atom is -0.480 e. The summed E-state index contributed by atoms with van der Waals surface area (Å²) in [6, 6.07) is 13.9. The zero-order valence-electron chi connectivity index (χ0n) is 24.3. The van der Waals surface area contributed by atoms with Crippen LogP contribution in [-0.2, 0) is 19.1 Å². The number of carboxylic acids is 1. The first-order valence-corrected chi connectivity index (χ1v) is 14.0. The monoisotopic (exact) mass is 565 g/mol. The van der Waals surface area contributed by atoms with Gasteiger partial charge in [0.1, 0.15) is 24.3 Å². The molecule has 2 aromatic rings. The van der Waals surface area contributed by atoms with E-state index in [1.807, 2.05) is 36.4 Å². The Morgan fingerprint density at radius 2 is 1.54 bits per heavy atom. The summed E-state index contributed by atoms with van der Waals surface area (Å²) in [6.07, 6.45) is -0.322. The molecule has 10 heteroatoms. The van der Waals surface area contributed by atoms with E-state index in [0.717, 1.165) is 22.3 Å². The second kappa shape index (κ2) is 12.2. The minimum atomic E-state index is -1.16. The Morgan fingerprint density at radius 1 is 1.00 bits per heavy atom. The number of hydrogen-bond donors (Lipinski definition) is 2. The molecule has 2 aliphatic rings. The first kappa shape index (κ1) is 29.9. The van der Waals surface area contributed by atoms with Gasteiger partial charge in [-0.3, -0.25) is 9.69 Å². The van der Waals surface area contributed by atoms with Gasteiger partial charge >= 0.3 is 18.2 Å². The Labute approximate surface area is 240 Å². The van der Waals surface area contributed by atoms with Crippen LogP contribution in [0.25, 0.3) is 11.1 Å². The van der Waals surface area contributed by atoms with Crippen molar-refractivity contribution < 1.29 is 33.8 Å². The molecular formula is C31H39N3O7. The van der Waals surface area contributed by atoms with Gasteiger partial charge in [0.05, 0.1) is 0 Å². The molecule has 0 radical (unpaired) electrons. The SMILES string of the molecule is CC(C(=O)N[C@H](C(=O)O)C1CCN(C(=O)OC(C)(C)C)CC1)N(C)C(=O)OCC1c2ccccc2-c2ccccc21. The van der Waals surface area contributed by atoms with E-state index in [0.29, 0.717) is 25.9 Å². The highest BCUT2D eigenvalue weighted by Gasteiger charge is 2.37. The lowest BCUT2D eigenvalue weighted by Crippen LogP contribution is -2.55. The predicted molar refractivity (Wildman–Crippen MR) is 152 cm³/mol. The van der Waals surface area contributed by atoms with Gasteiger partial charge in [0.25, 0.3) is 0 Å². The Kier molecular flexibility index (Phi) is 8.89. The van der Waals surface area contributed by atoms with E-state index in [-0.39, 0.29) is 18.4 Å². The highest BCUT2D eigenvalue weighted by atomic mass is 16.6. The fourth-order valence-corrected chi connectivity index (χ4v) is 5.43. The van der Waals surface area contributed by atoms with Gasteiger partial charge in [0.2, 0.25) is 5.91 Å². The topological polar surface area (TPSA) is 125 Å². The van der Waals surface area contributed by atoms with E-state index in [1.165, 1.54) is 18.9 Å². The summed E-state index contributed by atoms with van der Waals surface area (Å²) in [6.45, 7) is 7.65. The number of rotatable bonds is 7. The molecule has 2 N–H and O–H groups in total. The van der Waals surface area contributed by atoms with E-state index >= 15 is 0 Å². The molecule has 0 bridgehead atoms. The number of ether oxygens (including phenoxy) is 2. The normalized spacial score (nSPS) is 16.7. The van der Waals surface area contributed by atoms with Crippen molar-refractivity contribution >= 4 is 24.1 Å². The number of carbonyl (C=O) groups excluding carboxylic acids is 3. The van der Waals surface area contributed by atoms with Crippen molar-refractivity contribution in [2.75, 3.05) is 26.7 Å². The molecule has 3 amide bonds. The molecule has 1 saturated heterocycles. The smallest absolute Gasteiger partial charge is 0.410 e. The van der Waals surface area contributed by atoms with Gasteiger partial charge in [0.15, 0.2) is 0 Å². The van der Waals surface area contributed by atoms with Gasteiger partial charge < -0.3 is 24.8 Å². The molecule has 41 heavy (non-hydrogen) atoms. The third-order valence-corrected chi connectivity index (χ3v) is 7.81. The molecule has 2 atom stereocenters. The number of fused-ring (bicyclic) bond motifs is 3. The van der Waals surface area contributed by atoms with Gasteiger partial charge in [-0.05, 0) is 68.7 Å². The van der Waals surface area contributed by atoms with E-state index in [1.54, 1.807) is 25.7 Å². The number of piperidine rings is 1. The van der Waals surface area contributed by atoms with Crippen LogP contribution < -0.4 is 5.32 Å². The average Bonchev–Trinajstić information content (AvgIpc) is 3.26. The number of amides is 3. The molecular weight excluding hydrogens is 526 g/mol. The minimum absolute atomic E-state index is 0.111. The van der Waals surface area contributed by atoms with E-state index in [9.17, 15) is 24.3 Å². The maximum absolute atomic E-state index is 13.1. The number of likely N-dealkylation sites (N-methyl/N-ethyl adjacent to an activating group) is 1. The maximum Gasteiger partial charge on any atom is 0.410 e. The summed E-state index contributed by atoms with van der Waals surface area (Å²) in [5.41, 5.74) is 3.76. The lowest BCUT2D eigenvalue weighted by atomic mass is 9.89. The fraction of sp³-hybridized carbons (Fsp3) is 0.484. The standard InChI is InChI=1S/C31H39N3O7/c1-19(27(35)32-26(28(36)37)20-14-16-34(17-15-20)30(39)41-31(2,3)4)33(5)29(38)40-18-25-23-12-8-6-10-21(23)22-11-7-9-13-24(22)25/h6-13,19-20,25-26H,14-18H2,1-5H3,(H,32,35)(H,36,37)/t19?,26-/m0/s1. The Hall–Kier alpha value is -4.08. The quantitative estimate of drug-likeness (QED) is 0.507. The van der Waals surface area contributed by atoms with Crippen molar-refractivity contribution in [3.63, 3.8) is 0 Å². The van der Waals surface area contributed by atoms with Crippen molar-refractivity contribution in [2.24, 2.45) is 5.92 Å². The fourth-order valence-electron chi connectivity index (χ4n) is 5.43. The van der Waals surface area contributed by atoms with Crippen LogP contribution in [0.1, 0.15) is 57.6 Å². The van der Waals surface area contributed by atoms with Crippen LogP contribution in [0.3, 0.4) is 0 Å². The number of hydrogen-bond acceptors (Lipinski definition) is 6. The number of nitrogens with zero attached hydrogens (tertiary/aromatic N) is 2.